The lowest BCUT2D eigenvalue weighted by molar-refractivity contribution is -0.0993. The summed E-state index contributed by atoms with van der Waals surface area (Å²) in [4.78, 5) is 24.8. The Balaban J connectivity index is 2.37. The molecule has 0 aromatic carbocycles. The van der Waals surface area contributed by atoms with Crippen LogP contribution in [-0.4, -0.2) is 34.2 Å². The van der Waals surface area contributed by atoms with Gasteiger partial charge in [0.05, 0.1) is 13.2 Å². The minimum atomic E-state index is -0.770. The fourth-order valence-electron chi connectivity index (χ4n) is 1.49. The summed E-state index contributed by atoms with van der Waals surface area (Å²) in [6, 6.07) is 0. The first-order valence-electron chi connectivity index (χ1n) is 4.85. The molecule has 0 spiro atoms. The van der Waals surface area contributed by atoms with Crippen LogP contribution in [-0.2, 0) is 9.47 Å². The Morgan fingerprint density at radius 2 is 2.41 bits per heavy atom. The Kier molecular flexibility index (Phi) is 3.10. The van der Waals surface area contributed by atoms with Crippen LogP contribution in [0.5, 0.6) is 0 Å². The van der Waals surface area contributed by atoms with E-state index in [9.17, 15) is 9.59 Å². The van der Waals surface area contributed by atoms with Crippen LogP contribution in [0.4, 0.5) is 0 Å². The van der Waals surface area contributed by atoms with Gasteiger partial charge in [-0.1, -0.05) is 5.92 Å². The van der Waals surface area contributed by atoms with Gasteiger partial charge in [-0.05, 0) is 0 Å². The summed E-state index contributed by atoms with van der Waals surface area (Å²) in [5, 5.41) is 8.82. The maximum absolute atomic E-state index is 11.5. The van der Waals surface area contributed by atoms with Gasteiger partial charge in [0.1, 0.15) is 5.56 Å². The first-order chi connectivity index (χ1) is 8.15. The second-order valence-electron chi connectivity index (χ2n) is 3.39. The van der Waals surface area contributed by atoms with E-state index in [4.69, 9.17) is 21.0 Å². The summed E-state index contributed by atoms with van der Waals surface area (Å²) in [5.41, 5.74) is -1.23. The summed E-state index contributed by atoms with van der Waals surface area (Å²) >= 11 is 0. The Hall–Kier alpha value is -1.88. The molecule has 0 bridgehead atoms. The largest absolute Gasteiger partial charge is 0.391 e. The highest BCUT2D eigenvalue weighted by atomic mass is 16.7. The third-order valence-electron chi connectivity index (χ3n) is 2.32. The van der Waals surface area contributed by atoms with Crippen LogP contribution in [0, 0.1) is 12.3 Å². The Labute approximate surface area is 95.6 Å². The van der Waals surface area contributed by atoms with Gasteiger partial charge in [0, 0.05) is 6.20 Å². The third-order valence-corrected chi connectivity index (χ3v) is 2.32. The number of aliphatic hydroxyl groups is 1. The molecule has 2 rings (SSSR count). The van der Waals surface area contributed by atoms with Crippen molar-refractivity contribution in [2.24, 2.45) is 0 Å². The first kappa shape index (κ1) is 11.6. The van der Waals surface area contributed by atoms with Crippen molar-refractivity contribution < 1.29 is 14.6 Å². The topological polar surface area (TPSA) is 93.6 Å². The Morgan fingerprint density at radius 1 is 1.65 bits per heavy atom. The van der Waals surface area contributed by atoms with Gasteiger partial charge in [-0.3, -0.25) is 14.3 Å². The Bertz CT molecular complexity index is 567. The van der Waals surface area contributed by atoms with Crippen molar-refractivity contribution >= 4 is 0 Å². The molecule has 2 N–H and O–H groups in total. The molecule has 2 heterocycles. The van der Waals surface area contributed by atoms with Crippen LogP contribution < -0.4 is 11.2 Å². The molecular formula is C10H10N2O5. The van der Waals surface area contributed by atoms with E-state index in [0.29, 0.717) is 0 Å². The van der Waals surface area contributed by atoms with Gasteiger partial charge in [-0.2, -0.15) is 0 Å². The number of nitrogens with zero attached hydrogens (tertiary/aromatic N) is 1. The molecule has 0 radical (unpaired) electrons. The number of terminal acetylenes is 1. The first-order valence-corrected chi connectivity index (χ1v) is 4.85. The van der Waals surface area contributed by atoms with Crippen LogP contribution in [0.1, 0.15) is 11.8 Å². The van der Waals surface area contributed by atoms with Crippen LogP contribution in [0.25, 0.3) is 0 Å². The van der Waals surface area contributed by atoms with Crippen molar-refractivity contribution in [3.8, 4) is 12.3 Å². The average molecular weight is 238 g/mol. The SMILES string of the molecule is C#Cc1cn([C@@H]2CO[C@H](CO)O2)c(=O)[nH]c1=O. The molecule has 17 heavy (non-hydrogen) atoms. The molecule has 7 nitrogen and oxygen atoms in total. The second kappa shape index (κ2) is 4.55. The van der Waals surface area contributed by atoms with E-state index >= 15 is 0 Å². The summed E-state index contributed by atoms with van der Waals surface area (Å²) in [5.74, 6) is 2.16. The minimum Gasteiger partial charge on any atom is -0.391 e. The van der Waals surface area contributed by atoms with E-state index in [1.807, 2.05) is 0 Å². The quantitative estimate of drug-likeness (QED) is 0.604. The molecule has 1 aliphatic rings. The van der Waals surface area contributed by atoms with Crippen molar-refractivity contribution in [1.82, 2.24) is 9.55 Å². The number of hydrogen-bond donors (Lipinski definition) is 2. The number of hydrogen-bond acceptors (Lipinski definition) is 5. The molecule has 1 aromatic heterocycles. The van der Waals surface area contributed by atoms with Crippen LogP contribution in [0.3, 0.4) is 0 Å². The number of aliphatic hydroxyl groups excluding tert-OH is 1. The van der Waals surface area contributed by atoms with E-state index in [0.717, 1.165) is 4.57 Å². The predicted octanol–water partition coefficient (Wildman–Crippen LogP) is -1.62. The molecule has 90 valence electrons. The predicted molar refractivity (Wildman–Crippen MR) is 56.2 cm³/mol. The highest BCUT2D eigenvalue weighted by Gasteiger charge is 2.27. The molecule has 1 fully saturated rings. The average Bonchev–Trinajstić information content (AvgIpc) is 2.78. The van der Waals surface area contributed by atoms with Crippen LogP contribution in [0.15, 0.2) is 15.8 Å². The number of nitrogens with one attached hydrogen (secondary N) is 1. The van der Waals surface area contributed by atoms with Gasteiger partial charge in [-0.25, -0.2) is 4.79 Å². The monoisotopic (exact) mass is 238 g/mol. The molecule has 0 saturated carbocycles. The van der Waals surface area contributed by atoms with E-state index in [-0.39, 0.29) is 18.8 Å². The molecular weight excluding hydrogens is 228 g/mol. The van der Waals surface area contributed by atoms with Gasteiger partial charge in [0.2, 0.25) is 0 Å². The molecule has 0 aliphatic carbocycles. The number of ether oxygens (including phenoxy) is 2. The lowest BCUT2D eigenvalue weighted by Gasteiger charge is -2.12. The van der Waals surface area contributed by atoms with Crippen molar-refractivity contribution in [2.75, 3.05) is 13.2 Å². The van der Waals surface area contributed by atoms with E-state index in [2.05, 4.69) is 10.9 Å². The number of rotatable bonds is 2. The van der Waals surface area contributed by atoms with E-state index in [1.54, 1.807) is 0 Å². The highest BCUT2D eigenvalue weighted by molar-refractivity contribution is 5.26. The van der Waals surface area contributed by atoms with E-state index in [1.165, 1.54) is 6.20 Å². The van der Waals surface area contributed by atoms with Crippen molar-refractivity contribution in [2.45, 2.75) is 12.5 Å². The van der Waals surface area contributed by atoms with Crippen LogP contribution >= 0.6 is 0 Å². The fraction of sp³-hybridized carbons (Fsp3) is 0.400. The zero-order chi connectivity index (χ0) is 12.4. The standard InChI is InChI=1S/C10H10N2O5/c1-2-6-3-12(10(15)11-9(6)14)7-5-16-8(4-13)17-7/h1,3,7-8,13H,4-5H2,(H,11,14,15)/t7-,8-/m0/s1. The molecule has 1 saturated heterocycles. The zero-order valence-corrected chi connectivity index (χ0v) is 8.75. The number of H-pyrrole nitrogens is 1. The maximum atomic E-state index is 11.5. The molecule has 7 heteroatoms. The smallest absolute Gasteiger partial charge is 0.330 e. The van der Waals surface area contributed by atoms with Crippen molar-refractivity contribution in [3.05, 3.63) is 32.6 Å². The molecule has 1 aliphatic heterocycles. The van der Waals surface area contributed by atoms with Crippen molar-refractivity contribution in [1.29, 1.82) is 0 Å². The minimum absolute atomic E-state index is 0.0284. The Morgan fingerprint density at radius 3 is 3.00 bits per heavy atom. The summed E-state index contributed by atoms with van der Waals surface area (Å²) in [6.07, 6.45) is 4.88. The van der Waals surface area contributed by atoms with Gasteiger partial charge in [-0.15, -0.1) is 6.42 Å². The maximum Gasteiger partial charge on any atom is 0.330 e. The lowest BCUT2D eigenvalue weighted by Crippen LogP contribution is -2.34. The summed E-state index contributed by atoms with van der Waals surface area (Å²) < 4.78 is 11.4. The number of aromatic nitrogens is 2. The zero-order valence-electron chi connectivity index (χ0n) is 8.75. The molecule has 1 aromatic rings. The lowest BCUT2D eigenvalue weighted by atomic mass is 10.3. The van der Waals surface area contributed by atoms with Gasteiger partial charge in [0.15, 0.2) is 12.5 Å². The molecule has 0 amide bonds. The number of aromatic amines is 1. The third kappa shape index (κ3) is 2.14. The summed E-state index contributed by atoms with van der Waals surface area (Å²) in [6.45, 7) is -0.211. The summed E-state index contributed by atoms with van der Waals surface area (Å²) in [7, 11) is 0. The van der Waals surface area contributed by atoms with Crippen molar-refractivity contribution in [3.63, 3.8) is 0 Å². The van der Waals surface area contributed by atoms with E-state index < -0.39 is 23.8 Å². The molecule has 2 atom stereocenters. The van der Waals surface area contributed by atoms with Crippen LogP contribution in [0.2, 0.25) is 0 Å². The second-order valence-corrected chi connectivity index (χ2v) is 3.39. The van der Waals surface area contributed by atoms with Gasteiger partial charge >= 0.3 is 5.69 Å². The highest BCUT2D eigenvalue weighted by Crippen LogP contribution is 2.18. The molecule has 0 unspecified atom stereocenters. The van der Waals surface area contributed by atoms with Gasteiger partial charge < -0.3 is 14.6 Å². The normalized spacial score (nSPS) is 23.5. The van der Waals surface area contributed by atoms with Gasteiger partial charge in [0.25, 0.3) is 5.56 Å². The fourth-order valence-corrected chi connectivity index (χ4v) is 1.49.